The number of likely N-dealkylation sites (N-methyl/N-ethyl adjacent to an activating group) is 1. The van der Waals surface area contributed by atoms with Gasteiger partial charge >= 0.3 is 0 Å². The molecule has 0 bridgehead atoms. The minimum Gasteiger partial charge on any atom is -0.367 e. The van der Waals surface area contributed by atoms with Gasteiger partial charge < -0.3 is 20.4 Å². The fourth-order valence-electron chi connectivity index (χ4n) is 4.13. The second kappa shape index (κ2) is 10.3. The van der Waals surface area contributed by atoms with Gasteiger partial charge in [0.2, 0.25) is 11.9 Å². The number of aromatic nitrogens is 4. The molecule has 5 rings (SSSR count). The highest BCUT2D eigenvalue weighted by Gasteiger charge is 2.22. The van der Waals surface area contributed by atoms with Crippen molar-refractivity contribution in [3.63, 3.8) is 0 Å². The second-order valence-corrected chi connectivity index (χ2v) is 8.73. The van der Waals surface area contributed by atoms with Gasteiger partial charge in [0.25, 0.3) is 0 Å². The average Bonchev–Trinajstić information content (AvgIpc) is 2.92. The third-order valence-electron chi connectivity index (χ3n) is 6.21. The van der Waals surface area contributed by atoms with Gasteiger partial charge in [0, 0.05) is 44.6 Å². The first-order valence-corrected chi connectivity index (χ1v) is 11.8. The molecule has 0 unspecified atom stereocenters. The maximum absolute atomic E-state index is 15.0. The molecule has 1 aliphatic rings. The van der Waals surface area contributed by atoms with Gasteiger partial charge in [0.05, 0.1) is 16.8 Å². The van der Waals surface area contributed by atoms with Gasteiger partial charge in [-0.3, -0.25) is 14.2 Å². The van der Waals surface area contributed by atoms with Crippen LogP contribution in [0.15, 0.2) is 66.2 Å². The molecule has 0 saturated carbocycles. The zero-order valence-corrected chi connectivity index (χ0v) is 20.5. The largest absolute Gasteiger partial charge is 0.367 e. The van der Waals surface area contributed by atoms with Gasteiger partial charge in [0.1, 0.15) is 11.6 Å². The van der Waals surface area contributed by atoms with Gasteiger partial charge in [-0.1, -0.05) is 12.6 Å². The molecule has 38 heavy (non-hydrogen) atoms. The summed E-state index contributed by atoms with van der Waals surface area (Å²) in [6.07, 6.45) is 3.90. The summed E-state index contributed by atoms with van der Waals surface area (Å²) in [7, 11) is 1.98. The quantitative estimate of drug-likeness (QED) is 0.375. The summed E-state index contributed by atoms with van der Waals surface area (Å²) < 4.78 is 31.6. The number of fused-ring (bicyclic) bond motifs is 1. The highest BCUT2D eigenvalue weighted by atomic mass is 19.2. The number of nitrogens with one attached hydrogen (secondary N) is 2. The Labute approximate surface area is 216 Å². The Hall–Kier alpha value is -4.71. The summed E-state index contributed by atoms with van der Waals surface area (Å²) in [5.41, 5.74) is -0.0851. The normalized spacial score (nSPS) is 13.9. The van der Waals surface area contributed by atoms with Gasteiger partial charge in [-0.15, -0.1) is 0 Å². The van der Waals surface area contributed by atoms with E-state index in [1.54, 1.807) is 18.2 Å². The number of rotatable bonds is 6. The zero-order chi connectivity index (χ0) is 26.8. The number of piperazine rings is 1. The number of carbonyl (C=O) groups is 1. The highest BCUT2D eigenvalue weighted by Crippen LogP contribution is 2.29. The van der Waals surface area contributed by atoms with Crippen LogP contribution in [0.25, 0.3) is 16.9 Å². The van der Waals surface area contributed by atoms with Crippen LogP contribution < -0.4 is 21.0 Å². The van der Waals surface area contributed by atoms with Crippen LogP contribution in [0.4, 0.5) is 31.9 Å². The first-order chi connectivity index (χ1) is 18.3. The molecule has 1 amide bonds. The number of hydrogen-bond acceptors (Lipinski definition) is 8. The van der Waals surface area contributed by atoms with Crippen molar-refractivity contribution in [3.8, 4) is 5.82 Å². The number of anilines is 4. The predicted octanol–water partition coefficient (Wildman–Crippen LogP) is 3.07. The Morgan fingerprint density at radius 1 is 1.05 bits per heavy atom. The van der Waals surface area contributed by atoms with E-state index in [4.69, 9.17) is 0 Å². The van der Waals surface area contributed by atoms with E-state index in [-0.39, 0.29) is 39.6 Å². The third-order valence-corrected chi connectivity index (χ3v) is 6.21. The molecule has 194 valence electrons. The molecule has 1 aliphatic heterocycles. The van der Waals surface area contributed by atoms with Crippen molar-refractivity contribution in [2.75, 3.05) is 48.8 Å². The van der Waals surface area contributed by atoms with Crippen molar-refractivity contribution < 1.29 is 13.6 Å². The second-order valence-electron chi connectivity index (χ2n) is 8.73. The lowest BCUT2D eigenvalue weighted by atomic mass is 10.2. The SMILES string of the molecule is C=CC(=O)Nc1cccc(-n2ccc(=O)c3cnc(Nc4ccc(N5CCN(C)CC5)c(F)c4F)nc32)n1. The van der Waals surface area contributed by atoms with Crippen LogP contribution in [0.3, 0.4) is 0 Å². The monoisotopic (exact) mass is 518 g/mol. The Morgan fingerprint density at radius 2 is 1.84 bits per heavy atom. The number of pyridine rings is 2. The molecule has 2 N–H and O–H groups in total. The minimum absolute atomic E-state index is 0.0430. The number of nitrogens with zero attached hydrogens (tertiary/aromatic N) is 6. The molecule has 1 saturated heterocycles. The molecular weight excluding hydrogens is 494 g/mol. The molecule has 1 fully saturated rings. The smallest absolute Gasteiger partial charge is 0.248 e. The van der Waals surface area contributed by atoms with Crippen LogP contribution >= 0.6 is 0 Å². The van der Waals surface area contributed by atoms with Gasteiger partial charge in [-0.2, -0.15) is 4.98 Å². The van der Waals surface area contributed by atoms with E-state index in [0.717, 1.165) is 19.2 Å². The van der Waals surface area contributed by atoms with E-state index in [2.05, 4.69) is 37.1 Å². The Bertz CT molecular complexity index is 1600. The van der Waals surface area contributed by atoms with E-state index in [1.807, 2.05) is 11.9 Å². The van der Waals surface area contributed by atoms with E-state index < -0.39 is 17.5 Å². The maximum atomic E-state index is 15.0. The van der Waals surface area contributed by atoms with Crippen molar-refractivity contribution in [1.82, 2.24) is 24.4 Å². The van der Waals surface area contributed by atoms with Crippen molar-refractivity contribution in [2.45, 2.75) is 0 Å². The Morgan fingerprint density at radius 3 is 2.61 bits per heavy atom. The molecular formula is C26H24F2N8O2. The van der Waals surface area contributed by atoms with Crippen molar-refractivity contribution in [3.05, 3.63) is 83.3 Å². The van der Waals surface area contributed by atoms with Crippen molar-refractivity contribution in [1.29, 1.82) is 0 Å². The molecule has 0 radical (unpaired) electrons. The first kappa shape index (κ1) is 25.0. The standard InChI is InChI=1S/C26H24F2N8O2/c1-3-22(38)32-20-5-4-6-21(31-20)36-10-9-19(37)16-15-29-26(33-25(16)36)30-17-7-8-18(24(28)23(17)27)35-13-11-34(2)12-14-35/h3-10,15H,1,11-14H2,2H3,(H,29,30,33)(H,31,32,38). The van der Waals surface area contributed by atoms with Crippen molar-refractivity contribution in [2.24, 2.45) is 0 Å². The van der Waals surface area contributed by atoms with Crippen LogP contribution in [0.5, 0.6) is 0 Å². The molecule has 0 atom stereocenters. The number of amides is 1. The number of halogens is 2. The van der Waals surface area contributed by atoms with E-state index >= 15 is 4.39 Å². The zero-order valence-electron chi connectivity index (χ0n) is 20.5. The van der Waals surface area contributed by atoms with Gasteiger partial charge in [-0.05, 0) is 37.4 Å². The molecule has 0 spiro atoms. The molecule has 10 nitrogen and oxygen atoms in total. The number of hydrogen-bond donors (Lipinski definition) is 2. The van der Waals surface area contributed by atoms with E-state index in [1.165, 1.54) is 35.2 Å². The van der Waals surface area contributed by atoms with Crippen LogP contribution in [-0.2, 0) is 4.79 Å². The van der Waals surface area contributed by atoms with Gasteiger partial charge in [-0.25, -0.2) is 18.7 Å². The Kier molecular flexibility index (Phi) is 6.79. The van der Waals surface area contributed by atoms with E-state index in [9.17, 15) is 14.0 Å². The highest BCUT2D eigenvalue weighted by molar-refractivity contribution is 5.98. The summed E-state index contributed by atoms with van der Waals surface area (Å²) in [6.45, 7) is 6.12. The van der Waals surface area contributed by atoms with Crippen LogP contribution in [0.2, 0.25) is 0 Å². The summed E-state index contributed by atoms with van der Waals surface area (Å²) in [6, 6.07) is 9.23. The molecule has 4 aromatic rings. The fraction of sp³-hybridized carbons (Fsp3) is 0.192. The van der Waals surface area contributed by atoms with E-state index in [0.29, 0.717) is 18.9 Å². The van der Waals surface area contributed by atoms with Crippen molar-refractivity contribution >= 4 is 40.1 Å². The summed E-state index contributed by atoms with van der Waals surface area (Å²) >= 11 is 0. The molecule has 1 aromatic carbocycles. The number of carbonyl (C=O) groups excluding carboxylic acids is 1. The summed E-state index contributed by atoms with van der Waals surface area (Å²) in [5, 5.41) is 5.49. The predicted molar refractivity (Wildman–Crippen MR) is 141 cm³/mol. The first-order valence-electron chi connectivity index (χ1n) is 11.8. The lowest BCUT2D eigenvalue weighted by molar-refractivity contribution is -0.111. The Balaban J connectivity index is 1.48. The lowest BCUT2D eigenvalue weighted by Crippen LogP contribution is -2.44. The molecule has 4 heterocycles. The van der Waals surface area contributed by atoms with Crippen LogP contribution in [0.1, 0.15) is 0 Å². The molecule has 0 aliphatic carbocycles. The third kappa shape index (κ3) is 4.93. The minimum atomic E-state index is -1.05. The van der Waals surface area contributed by atoms with Crippen LogP contribution in [0, 0.1) is 11.6 Å². The maximum Gasteiger partial charge on any atom is 0.248 e. The van der Waals surface area contributed by atoms with Crippen LogP contribution in [-0.4, -0.2) is 63.6 Å². The fourth-order valence-corrected chi connectivity index (χ4v) is 4.13. The lowest BCUT2D eigenvalue weighted by Gasteiger charge is -2.34. The van der Waals surface area contributed by atoms with Gasteiger partial charge in [0.15, 0.2) is 22.7 Å². The molecule has 12 heteroatoms. The number of benzene rings is 1. The topological polar surface area (TPSA) is 108 Å². The summed E-state index contributed by atoms with van der Waals surface area (Å²) in [4.78, 5) is 41.0. The molecule has 3 aromatic heterocycles. The summed E-state index contributed by atoms with van der Waals surface area (Å²) in [5.74, 6) is -1.86. The average molecular weight is 519 g/mol.